The van der Waals surface area contributed by atoms with Crippen molar-refractivity contribution in [2.45, 2.75) is 25.7 Å². The first kappa shape index (κ1) is 13.7. The van der Waals surface area contributed by atoms with Gasteiger partial charge in [-0.05, 0) is 31.0 Å². The van der Waals surface area contributed by atoms with Gasteiger partial charge in [0.2, 0.25) is 5.44 Å². The third-order valence-electron chi connectivity index (χ3n) is 2.28. The van der Waals surface area contributed by atoms with Gasteiger partial charge in [0.15, 0.2) is 0 Å². The van der Waals surface area contributed by atoms with Crippen molar-refractivity contribution in [1.29, 1.82) is 0 Å². The Bertz CT molecular complexity index is 488. The van der Waals surface area contributed by atoms with Gasteiger partial charge in [0.05, 0.1) is 0 Å². The lowest BCUT2D eigenvalue weighted by atomic mass is 10.1. The smallest absolute Gasteiger partial charge is 0.303 e. The van der Waals surface area contributed by atoms with Crippen molar-refractivity contribution < 1.29 is 17.7 Å². The molecule has 4 nitrogen and oxygen atoms in total. The molecule has 0 saturated heterocycles. The summed E-state index contributed by atoms with van der Waals surface area (Å²) in [5.41, 5.74) is 0.647. The summed E-state index contributed by atoms with van der Waals surface area (Å²) in [6.45, 7) is 7.30. The zero-order valence-corrected chi connectivity index (χ0v) is 10.7. The van der Waals surface area contributed by atoms with E-state index in [0.717, 1.165) is 11.1 Å². The van der Waals surface area contributed by atoms with Gasteiger partial charge in [-0.15, -0.1) is 0 Å². The summed E-state index contributed by atoms with van der Waals surface area (Å²) in [7, 11) is -4.18. The fourth-order valence-corrected chi connectivity index (χ4v) is 1.98. The van der Waals surface area contributed by atoms with Crippen LogP contribution in [-0.2, 0) is 10.1 Å². The van der Waals surface area contributed by atoms with Gasteiger partial charge in [-0.25, -0.2) is 0 Å². The van der Waals surface area contributed by atoms with Gasteiger partial charge >= 0.3 is 10.1 Å². The van der Waals surface area contributed by atoms with E-state index in [9.17, 15) is 8.42 Å². The molecule has 0 aliphatic heterocycles. The predicted octanol–water partition coefficient (Wildman–Crippen LogP) is 2.72. The molecule has 0 saturated carbocycles. The van der Waals surface area contributed by atoms with Crippen LogP contribution in [-0.4, -0.2) is 18.4 Å². The standard InChI is InChI=1S/C12H16O4S/c1-4-12(17(13,14)15)16-11-7-5-10(6-8-11)9(2)3/h5-8,12H,2,4H2,1,3H3,(H,13,14,15). The van der Waals surface area contributed by atoms with E-state index in [1.54, 1.807) is 31.2 Å². The lowest BCUT2D eigenvalue weighted by Gasteiger charge is -2.14. The Morgan fingerprint density at radius 3 is 2.29 bits per heavy atom. The lowest BCUT2D eigenvalue weighted by molar-refractivity contribution is 0.252. The molecule has 0 aliphatic rings. The average Bonchev–Trinajstić information content (AvgIpc) is 2.24. The van der Waals surface area contributed by atoms with Crippen LogP contribution in [0.1, 0.15) is 25.8 Å². The monoisotopic (exact) mass is 256 g/mol. The molecular formula is C12H16O4S. The second kappa shape index (κ2) is 5.33. The van der Waals surface area contributed by atoms with Gasteiger partial charge in [0.1, 0.15) is 5.75 Å². The van der Waals surface area contributed by atoms with Crippen molar-refractivity contribution in [3.63, 3.8) is 0 Å². The fraction of sp³-hybridized carbons (Fsp3) is 0.333. The zero-order valence-electron chi connectivity index (χ0n) is 9.88. The molecule has 0 fully saturated rings. The molecule has 94 valence electrons. The van der Waals surface area contributed by atoms with E-state index in [0.29, 0.717) is 5.75 Å². The van der Waals surface area contributed by atoms with Crippen molar-refractivity contribution in [3.8, 4) is 5.75 Å². The Hall–Kier alpha value is -1.33. The number of hydrogen-bond donors (Lipinski definition) is 1. The molecule has 0 bridgehead atoms. The van der Waals surface area contributed by atoms with E-state index in [4.69, 9.17) is 9.29 Å². The molecule has 1 unspecified atom stereocenters. The van der Waals surface area contributed by atoms with Crippen molar-refractivity contribution >= 4 is 15.7 Å². The first-order valence-corrected chi connectivity index (χ1v) is 6.73. The number of hydrogen-bond acceptors (Lipinski definition) is 3. The maximum absolute atomic E-state index is 11.0. The van der Waals surface area contributed by atoms with Gasteiger partial charge in [0, 0.05) is 0 Å². The normalized spacial score (nSPS) is 13.1. The molecule has 0 spiro atoms. The van der Waals surface area contributed by atoms with Crippen LogP contribution in [0.3, 0.4) is 0 Å². The Labute approximate surface area is 102 Å². The van der Waals surface area contributed by atoms with Crippen LogP contribution in [0, 0.1) is 0 Å². The summed E-state index contributed by atoms with van der Waals surface area (Å²) in [6.07, 6.45) is 0.182. The van der Waals surface area contributed by atoms with Crippen LogP contribution in [0.2, 0.25) is 0 Å². The van der Waals surface area contributed by atoms with Crippen LogP contribution in [0.15, 0.2) is 30.8 Å². The van der Waals surface area contributed by atoms with E-state index in [2.05, 4.69) is 6.58 Å². The highest BCUT2D eigenvalue weighted by atomic mass is 32.2. The minimum atomic E-state index is -4.18. The number of rotatable bonds is 5. The average molecular weight is 256 g/mol. The first-order chi connectivity index (χ1) is 7.84. The molecule has 0 heterocycles. The van der Waals surface area contributed by atoms with Crippen LogP contribution in [0.4, 0.5) is 0 Å². The molecule has 0 amide bonds. The van der Waals surface area contributed by atoms with E-state index in [1.165, 1.54) is 0 Å². The highest BCUT2D eigenvalue weighted by Crippen LogP contribution is 2.19. The molecule has 17 heavy (non-hydrogen) atoms. The molecular weight excluding hydrogens is 240 g/mol. The van der Waals surface area contributed by atoms with Crippen LogP contribution in [0.25, 0.3) is 5.57 Å². The Morgan fingerprint density at radius 1 is 1.41 bits per heavy atom. The maximum Gasteiger partial charge on any atom is 0.303 e. The molecule has 0 radical (unpaired) electrons. The number of benzene rings is 1. The molecule has 1 atom stereocenters. The first-order valence-electron chi connectivity index (χ1n) is 5.23. The number of allylic oxidation sites excluding steroid dienone is 1. The van der Waals surface area contributed by atoms with Crippen LogP contribution in [0.5, 0.6) is 5.75 Å². The van der Waals surface area contributed by atoms with Gasteiger partial charge in [-0.1, -0.05) is 31.2 Å². The molecule has 1 aromatic rings. The minimum Gasteiger partial charge on any atom is -0.472 e. The Morgan fingerprint density at radius 2 is 1.94 bits per heavy atom. The summed E-state index contributed by atoms with van der Waals surface area (Å²) in [4.78, 5) is 0. The van der Waals surface area contributed by atoms with Gasteiger partial charge in [0.25, 0.3) is 0 Å². The second-order valence-corrected chi connectivity index (χ2v) is 5.33. The third-order valence-corrected chi connectivity index (χ3v) is 3.37. The lowest BCUT2D eigenvalue weighted by Crippen LogP contribution is -2.25. The van der Waals surface area contributed by atoms with Crippen molar-refractivity contribution in [2.75, 3.05) is 0 Å². The van der Waals surface area contributed by atoms with Crippen molar-refractivity contribution in [2.24, 2.45) is 0 Å². The SMILES string of the molecule is C=C(C)c1ccc(OC(CC)S(=O)(=O)O)cc1. The second-order valence-electron chi connectivity index (χ2n) is 3.78. The summed E-state index contributed by atoms with van der Waals surface area (Å²) >= 11 is 0. The predicted molar refractivity (Wildman–Crippen MR) is 67.4 cm³/mol. The van der Waals surface area contributed by atoms with Crippen LogP contribution >= 0.6 is 0 Å². The maximum atomic E-state index is 11.0. The summed E-state index contributed by atoms with van der Waals surface area (Å²) in [6, 6.07) is 6.87. The highest BCUT2D eigenvalue weighted by molar-refractivity contribution is 7.86. The van der Waals surface area contributed by atoms with Crippen molar-refractivity contribution in [1.82, 2.24) is 0 Å². The van der Waals surface area contributed by atoms with Gasteiger partial charge < -0.3 is 4.74 Å². The molecule has 5 heteroatoms. The quantitative estimate of drug-likeness (QED) is 0.823. The van der Waals surface area contributed by atoms with E-state index >= 15 is 0 Å². The highest BCUT2D eigenvalue weighted by Gasteiger charge is 2.22. The van der Waals surface area contributed by atoms with Gasteiger partial charge in [-0.2, -0.15) is 8.42 Å². The molecule has 0 aromatic heterocycles. The zero-order chi connectivity index (χ0) is 13.1. The largest absolute Gasteiger partial charge is 0.472 e. The van der Waals surface area contributed by atoms with Crippen LogP contribution < -0.4 is 4.74 Å². The molecule has 0 aliphatic carbocycles. The van der Waals surface area contributed by atoms with E-state index < -0.39 is 15.6 Å². The fourth-order valence-electron chi connectivity index (χ4n) is 1.32. The Balaban J connectivity index is 2.85. The third kappa shape index (κ3) is 3.87. The van der Waals surface area contributed by atoms with Gasteiger partial charge in [-0.3, -0.25) is 4.55 Å². The number of ether oxygens (including phenoxy) is 1. The van der Waals surface area contributed by atoms with E-state index in [-0.39, 0.29) is 6.42 Å². The summed E-state index contributed by atoms with van der Waals surface area (Å²) in [5, 5.41) is 0. The van der Waals surface area contributed by atoms with Crippen molar-refractivity contribution in [3.05, 3.63) is 36.4 Å². The molecule has 1 aromatic carbocycles. The topological polar surface area (TPSA) is 63.6 Å². The summed E-state index contributed by atoms with van der Waals surface area (Å²) in [5.74, 6) is 0.402. The molecule has 1 N–H and O–H groups in total. The minimum absolute atomic E-state index is 0.182. The van der Waals surface area contributed by atoms with E-state index in [1.807, 2.05) is 6.92 Å². The Kier molecular flexibility index (Phi) is 4.31. The summed E-state index contributed by atoms with van der Waals surface area (Å²) < 4.78 is 36.0. The molecule has 1 rings (SSSR count).